The minimum absolute atomic E-state index is 0.0132. The molecule has 2 aromatic carbocycles. The molecule has 2 unspecified atom stereocenters. The maximum absolute atomic E-state index is 14.5. The summed E-state index contributed by atoms with van der Waals surface area (Å²) in [7, 11) is 0. The van der Waals surface area contributed by atoms with E-state index in [1.807, 2.05) is 19.9 Å². The number of aliphatic hydroxyl groups excluding tert-OH is 1. The highest BCUT2D eigenvalue weighted by molar-refractivity contribution is 5.97. The van der Waals surface area contributed by atoms with Crippen molar-refractivity contribution in [3.8, 4) is 0 Å². The quantitative estimate of drug-likeness (QED) is 0.0485. The fourth-order valence-corrected chi connectivity index (χ4v) is 8.35. The lowest BCUT2D eigenvalue weighted by Gasteiger charge is -2.31. The molecule has 19 heteroatoms. The lowest BCUT2D eigenvalue weighted by atomic mass is 9.95. The van der Waals surface area contributed by atoms with Crippen LogP contribution in [0.2, 0.25) is 0 Å². The molecule has 1 aliphatic heterocycles. The van der Waals surface area contributed by atoms with Crippen molar-refractivity contribution in [1.29, 1.82) is 0 Å². The number of H-pyrrole nitrogens is 1. The molecular weight excluding hydrogens is 849 g/mol. The van der Waals surface area contributed by atoms with E-state index < -0.39 is 90.1 Å². The Morgan fingerprint density at radius 1 is 0.864 bits per heavy atom. The summed E-state index contributed by atoms with van der Waals surface area (Å²) < 4.78 is 1.40. The van der Waals surface area contributed by atoms with Crippen molar-refractivity contribution in [3.05, 3.63) is 90.1 Å². The molecule has 1 saturated heterocycles. The van der Waals surface area contributed by atoms with E-state index in [2.05, 4.69) is 36.6 Å². The number of rotatable bonds is 23. The van der Waals surface area contributed by atoms with Crippen LogP contribution in [-0.2, 0) is 57.6 Å². The molecule has 0 spiro atoms. The number of imidazole rings is 1. The van der Waals surface area contributed by atoms with Crippen molar-refractivity contribution in [3.63, 3.8) is 0 Å². The molecule has 354 valence electrons. The Balaban J connectivity index is 1.36. The van der Waals surface area contributed by atoms with Gasteiger partial charge in [-0.3, -0.25) is 42.9 Å². The average Bonchev–Trinajstić information content (AvgIpc) is 4.05. The van der Waals surface area contributed by atoms with Crippen molar-refractivity contribution in [2.24, 2.45) is 17.6 Å². The molecule has 4 aromatic rings. The second-order valence-electron chi connectivity index (χ2n) is 17.6. The molecule has 0 radical (unpaired) electrons. The van der Waals surface area contributed by atoms with Crippen LogP contribution < -0.4 is 32.3 Å². The van der Waals surface area contributed by atoms with Gasteiger partial charge < -0.3 is 47.3 Å². The topological polar surface area (TPSA) is 280 Å². The fraction of sp³-hybridized carbons (Fsp3) is 0.468. The van der Waals surface area contributed by atoms with Crippen LogP contribution in [-0.4, -0.2) is 121 Å². The number of nitrogens with two attached hydrogens (primary N) is 1. The molecule has 3 heterocycles. The number of amides is 7. The van der Waals surface area contributed by atoms with Gasteiger partial charge in [-0.1, -0.05) is 76.2 Å². The predicted octanol–water partition coefficient (Wildman–Crippen LogP) is 0.804. The molecule has 1 fully saturated rings. The zero-order chi connectivity index (χ0) is 48.1. The number of hydrogen-bond acceptors (Lipinski definition) is 10. The first-order valence-electron chi connectivity index (χ1n) is 22.3. The molecule has 7 amide bonds. The Labute approximate surface area is 383 Å². The minimum Gasteiger partial charge on any atom is -0.390 e. The van der Waals surface area contributed by atoms with Crippen molar-refractivity contribution in [2.45, 2.75) is 122 Å². The molecule has 0 aliphatic carbocycles. The number of aromatic nitrogens is 3. The highest BCUT2D eigenvalue weighted by Crippen LogP contribution is 2.25. The van der Waals surface area contributed by atoms with Gasteiger partial charge in [-0.25, -0.2) is 4.98 Å². The zero-order valence-electron chi connectivity index (χ0n) is 38.0. The summed E-state index contributed by atoms with van der Waals surface area (Å²) >= 11 is 0. The number of primary amides is 1. The van der Waals surface area contributed by atoms with Crippen LogP contribution in [0.25, 0.3) is 10.9 Å². The number of likely N-dealkylation sites (tertiary alicyclic amines) is 1. The molecule has 2 aromatic heterocycles. The summed E-state index contributed by atoms with van der Waals surface area (Å²) in [5.74, 6) is -4.69. The number of fused-ring (bicyclic) bond motifs is 1. The predicted molar refractivity (Wildman–Crippen MR) is 244 cm³/mol. The summed E-state index contributed by atoms with van der Waals surface area (Å²) in [6, 6.07) is 9.61. The van der Waals surface area contributed by atoms with Gasteiger partial charge in [0.1, 0.15) is 30.2 Å². The van der Waals surface area contributed by atoms with E-state index in [9.17, 15) is 43.5 Å². The number of nitrogens with zero attached hydrogens (tertiary/aromatic N) is 3. The van der Waals surface area contributed by atoms with E-state index in [4.69, 9.17) is 5.73 Å². The number of hydrogen-bond donors (Lipinski definition) is 8. The summed E-state index contributed by atoms with van der Waals surface area (Å²) in [5.41, 5.74) is 7.94. The van der Waals surface area contributed by atoms with Gasteiger partial charge in [-0.05, 0) is 48.3 Å². The number of nitrogens with one attached hydrogen (secondary N) is 6. The summed E-state index contributed by atoms with van der Waals surface area (Å²) in [6.07, 6.45) is 4.33. The van der Waals surface area contributed by atoms with Crippen LogP contribution in [0.4, 0.5) is 0 Å². The van der Waals surface area contributed by atoms with Gasteiger partial charge in [0.2, 0.25) is 47.8 Å². The molecule has 5 rings (SSSR count). The lowest BCUT2D eigenvalue weighted by molar-refractivity contribution is -0.142. The third-order valence-corrected chi connectivity index (χ3v) is 11.6. The van der Waals surface area contributed by atoms with Crippen LogP contribution in [0, 0.1) is 11.8 Å². The van der Waals surface area contributed by atoms with E-state index >= 15 is 0 Å². The van der Waals surface area contributed by atoms with Crippen LogP contribution in [0.3, 0.4) is 0 Å². The van der Waals surface area contributed by atoms with Crippen molar-refractivity contribution >= 4 is 58.7 Å². The Hall–Kier alpha value is -6.89. The van der Waals surface area contributed by atoms with E-state index in [1.54, 1.807) is 68.6 Å². The summed E-state index contributed by atoms with van der Waals surface area (Å²) in [5, 5.41) is 25.8. The highest BCUT2D eigenvalue weighted by atomic mass is 16.3. The van der Waals surface area contributed by atoms with Gasteiger partial charge in [-0.15, -0.1) is 0 Å². The standard InChI is InChI=1S/C47H62N10O9/c1-27(2)18-34(40(60)22-41(61)55-42(28(3)4)43(48)62)52-45(64)36(21-32-23-49-25-50-32)53-44(63)35(19-30-12-7-6-8-13-30)54-46(65)39-16-11-17-57(39)47(66)37(51-29(5)59)20-31-24-56(26-58)38-15-10-9-14-33(31)38/h6-10,12-15,23-28,34-37,39-40,42,60H,11,16-22H2,1-5H3,(H2,48,62)(H,49,50)(H,51,59)(H,52,64)(H,53,63)(H,54,65)(H,55,61)/t34?,35-,36-,37-,39-,40?,42-/m0/s1. The zero-order valence-corrected chi connectivity index (χ0v) is 38.0. The third-order valence-electron chi connectivity index (χ3n) is 11.6. The number of aliphatic hydroxyl groups is 1. The SMILES string of the molecule is CC(=O)N[C@@H](Cc1cn(C=O)c2ccccc12)C(=O)N1CCC[C@H]1C(=O)N[C@@H](Cc1ccccc1)C(=O)N[C@@H](Cc1cnc[nH]1)C(=O)NC(CC(C)C)C(O)CC(=O)N[C@H](C(N)=O)C(C)C. The Kier molecular flexibility index (Phi) is 17.7. The maximum Gasteiger partial charge on any atom is 0.246 e. The largest absolute Gasteiger partial charge is 0.390 e. The van der Waals surface area contributed by atoms with Crippen LogP contribution >= 0.6 is 0 Å². The number of para-hydroxylation sites is 1. The summed E-state index contributed by atoms with van der Waals surface area (Å²) in [6.45, 7) is 8.69. The average molecular weight is 911 g/mol. The molecule has 66 heavy (non-hydrogen) atoms. The van der Waals surface area contributed by atoms with Crippen LogP contribution in [0.15, 0.2) is 73.3 Å². The van der Waals surface area contributed by atoms with Crippen LogP contribution in [0.1, 0.15) is 77.1 Å². The molecule has 1 aliphatic rings. The molecule has 7 atom stereocenters. The molecule has 0 saturated carbocycles. The Bertz CT molecular complexity index is 2330. The number of carbonyl (C=O) groups excluding carboxylic acids is 8. The van der Waals surface area contributed by atoms with Gasteiger partial charge in [0.05, 0.1) is 30.4 Å². The minimum atomic E-state index is -1.38. The van der Waals surface area contributed by atoms with Crippen molar-refractivity contribution in [1.82, 2.24) is 46.0 Å². The van der Waals surface area contributed by atoms with Crippen molar-refractivity contribution < 1.29 is 43.5 Å². The van der Waals surface area contributed by atoms with E-state index in [1.165, 1.54) is 28.9 Å². The Morgan fingerprint density at radius 2 is 1.55 bits per heavy atom. The number of aromatic amines is 1. The Morgan fingerprint density at radius 3 is 2.18 bits per heavy atom. The number of benzene rings is 2. The van der Waals surface area contributed by atoms with E-state index in [0.29, 0.717) is 35.2 Å². The second-order valence-corrected chi connectivity index (χ2v) is 17.6. The van der Waals surface area contributed by atoms with Crippen molar-refractivity contribution in [2.75, 3.05) is 6.54 Å². The maximum atomic E-state index is 14.5. The second kappa shape index (κ2) is 23.3. The first-order chi connectivity index (χ1) is 31.4. The van der Waals surface area contributed by atoms with Crippen LogP contribution in [0.5, 0.6) is 0 Å². The third kappa shape index (κ3) is 13.6. The van der Waals surface area contributed by atoms with Gasteiger partial charge in [-0.2, -0.15) is 0 Å². The normalized spacial score (nSPS) is 16.4. The van der Waals surface area contributed by atoms with Gasteiger partial charge in [0.25, 0.3) is 0 Å². The molecule has 0 bridgehead atoms. The molecular formula is C47H62N10O9. The monoisotopic (exact) mass is 910 g/mol. The fourth-order valence-electron chi connectivity index (χ4n) is 8.35. The first kappa shape index (κ1) is 50.1. The van der Waals surface area contributed by atoms with Gasteiger partial charge in [0.15, 0.2) is 0 Å². The lowest BCUT2D eigenvalue weighted by Crippen LogP contribution is -2.59. The van der Waals surface area contributed by atoms with Gasteiger partial charge in [0, 0.05) is 56.2 Å². The summed E-state index contributed by atoms with van der Waals surface area (Å²) in [4.78, 5) is 115. The smallest absolute Gasteiger partial charge is 0.246 e. The van der Waals surface area contributed by atoms with E-state index in [-0.39, 0.29) is 50.5 Å². The highest BCUT2D eigenvalue weighted by Gasteiger charge is 2.40. The first-order valence-corrected chi connectivity index (χ1v) is 22.3. The van der Waals surface area contributed by atoms with E-state index in [0.717, 1.165) is 5.39 Å². The molecule has 9 N–H and O–H groups in total. The van der Waals surface area contributed by atoms with Gasteiger partial charge >= 0.3 is 0 Å². The molecule has 19 nitrogen and oxygen atoms in total. The number of carbonyl (C=O) groups is 8.